The van der Waals surface area contributed by atoms with Crippen molar-refractivity contribution in [2.75, 3.05) is 26.9 Å². The molecule has 1 saturated heterocycles. The molecule has 0 aromatic carbocycles. The molecule has 1 N–H and O–H groups in total. The van der Waals surface area contributed by atoms with Crippen LogP contribution in [0.4, 0.5) is 0 Å². The Bertz CT molecular complexity index is 200. The number of ether oxygens (including phenoxy) is 2. The van der Waals surface area contributed by atoms with E-state index in [0.29, 0.717) is 6.42 Å². The monoisotopic (exact) mass is 215 g/mol. The van der Waals surface area contributed by atoms with E-state index >= 15 is 0 Å². The predicted molar refractivity (Wildman–Crippen MR) is 57.7 cm³/mol. The van der Waals surface area contributed by atoms with E-state index in [-0.39, 0.29) is 11.5 Å². The standard InChI is InChI=1S/C11H21NO3/c1-3-6-12-11(9-10(13)14-2)4-7-15-8-5-11/h12H,3-9H2,1-2H3. The second kappa shape index (κ2) is 6.08. The fraction of sp³-hybridized carbons (Fsp3) is 0.909. The van der Waals surface area contributed by atoms with Gasteiger partial charge in [0.05, 0.1) is 13.5 Å². The van der Waals surface area contributed by atoms with Gasteiger partial charge in [-0.15, -0.1) is 0 Å². The van der Waals surface area contributed by atoms with Crippen LogP contribution in [-0.4, -0.2) is 38.4 Å². The first-order chi connectivity index (χ1) is 7.22. The molecule has 0 amide bonds. The van der Waals surface area contributed by atoms with Crippen molar-refractivity contribution in [3.05, 3.63) is 0 Å². The van der Waals surface area contributed by atoms with Crippen LogP contribution >= 0.6 is 0 Å². The van der Waals surface area contributed by atoms with Gasteiger partial charge in [0.2, 0.25) is 0 Å². The Morgan fingerprint density at radius 2 is 2.13 bits per heavy atom. The van der Waals surface area contributed by atoms with E-state index in [9.17, 15) is 4.79 Å². The molecule has 1 fully saturated rings. The Kier molecular flexibility index (Phi) is 5.05. The van der Waals surface area contributed by atoms with Gasteiger partial charge in [-0.1, -0.05) is 6.92 Å². The van der Waals surface area contributed by atoms with Gasteiger partial charge in [-0.05, 0) is 25.8 Å². The first kappa shape index (κ1) is 12.5. The van der Waals surface area contributed by atoms with Gasteiger partial charge in [0.25, 0.3) is 0 Å². The minimum absolute atomic E-state index is 0.0959. The lowest BCUT2D eigenvalue weighted by Crippen LogP contribution is -2.51. The predicted octanol–water partition coefficient (Wildman–Crippen LogP) is 1.10. The average molecular weight is 215 g/mol. The summed E-state index contributed by atoms with van der Waals surface area (Å²) in [6.07, 6.45) is 3.31. The van der Waals surface area contributed by atoms with Crippen LogP contribution in [0.15, 0.2) is 0 Å². The number of carbonyl (C=O) groups excluding carboxylic acids is 1. The van der Waals surface area contributed by atoms with Crippen molar-refractivity contribution in [1.82, 2.24) is 5.32 Å². The summed E-state index contributed by atoms with van der Waals surface area (Å²) in [5.41, 5.74) is -0.0959. The van der Waals surface area contributed by atoms with Gasteiger partial charge in [-0.25, -0.2) is 0 Å². The number of hydrogen-bond donors (Lipinski definition) is 1. The molecule has 4 nitrogen and oxygen atoms in total. The van der Waals surface area contributed by atoms with Crippen molar-refractivity contribution < 1.29 is 14.3 Å². The fourth-order valence-corrected chi connectivity index (χ4v) is 1.92. The summed E-state index contributed by atoms with van der Waals surface area (Å²) in [6.45, 7) is 4.52. The molecule has 1 rings (SSSR count). The van der Waals surface area contributed by atoms with E-state index in [1.807, 2.05) is 0 Å². The summed E-state index contributed by atoms with van der Waals surface area (Å²) in [5.74, 6) is -0.138. The quantitative estimate of drug-likeness (QED) is 0.698. The average Bonchev–Trinajstić information content (AvgIpc) is 2.27. The van der Waals surface area contributed by atoms with Crippen LogP contribution in [0.25, 0.3) is 0 Å². The zero-order valence-electron chi connectivity index (χ0n) is 9.67. The summed E-state index contributed by atoms with van der Waals surface area (Å²) in [6, 6.07) is 0. The maximum atomic E-state index is 11.3. The molecule has 15 heavy (non-hydrogen) atoms. The summed E-state index contributed by atoms with van der Waals surface area (Å²) in [7, 11) is 1.44. The lowest BCUT2D eigenvalue weighted by molar-refractivity contribution is -0.143. The summed E-state index contributed by atoms with van der Waals surface area (Å²) in [5, 5.41) is 3.47. The minimum Gasteiger partial charge on any atom is -0.469 e. The molecule has 0 atom stereocenters. The van der Waals surface area contributed by atoms with Gasteiger partial charge in [-0.2, -0.15) is 0 Å². The second-order valence-corrected chi connectivity index (χ2v) is 4.07. The third-order valence-electron chi connectivity index (χ3n) is 2.91. The van der Waals surface area contributed by atoms with E-state index in [4.69, 9.17) is 9.47 Å². The maximum absolute atomic E-state index is 11.3. The number of esters is 1. The lowest BCUT2D eigenvalue weighted by Gasteiger charge is -2.37. The van der Waals surface area contributed by atoms with E-state index in [0.717, 1.165) is 39.0 Å². The van der Waals surface area contributed by atoms with Gasteiger partial charge in [-0.3, -0.25) is 4.79 Å². The Balaban J connectivity index is 2.53. The molecule has 0 aliphatic carbocycles. The van der Waals surface area contributed by atoms with Crippen LogP contribution in [0.2, 0.25) is 0 Å². The minimum atomic E-state index is -0.138. The molecule has 0 saturated carbocycles. The molecule has 0 radical (unpaired) electrons. The molecule has 1 heterocycles. The van der Waals surface area contributed by atoms with Crippen LogP contribution in [0.3, 0.4) is 0 Å². The topological polar surface area (TPSA) is 47.6 Å². The van der Waals surface area contributed by atoms with Crippen molar-refractivity contribution in [3.63, 3.8) is 0 Å². The number of hydrogen-bond acceptors (Lipinski definition) is 4. The fourth-order valence-electron chi connectivity index (χ4n) is 1.92. The molecule has 88 valence electrons. The van der Waals surface area contributed by atoms with E-state index in [1.54, 1.807) is 0 Å². The summed E-state index contributed by atoms with van der Waals surface area (Å²) < 4.78 is 10.1. The van der Waals surface area contributed by atoms with Crippen molar-refractivity contribution in [2.24, 2.45) is 0 Å². The highest BCUT2D eigenvalue weighted by molar-refractivity contribution is 5.70. The van der Waals surface area contributed by atoms with E-state index < -0.39 is 0 Å². The molecular weight excluding hydrogens is 194 g/mol. The van der Waals surface area contributed by atoms with Crippen molar-refractivity contribution in [1.29, 1.82) is 0 Å². The van der Waals surface area contributed by atoms with E-state index in [2.05, 4.69) is 12.2 Å². The highest BCUT2D eigenvalue weighted by Gasteiger charge is 2.34. The molecule has 4 heteroatoms. The molecule has 0 aromatic heterocycles. The zero-order chi connectivity index (χ0) is 11.1. The lowest BCUT2D eigenvalue weighted by atomic mass is 9.86. The third-order valence-corrected chi connectivity index (χ3v) is 2.91. The first-order valence-corrected chi connectivity index (χ1v) is 5.62. The molecule has 0 bridgehead atoms. The molecule has 0 unspecified atom stereocenters. The smallest absolute Gasteiger partial charge is 0.307 e. The molecule has 1 aliphatic heterocycles. The molecule has 0 aromatic rings. The van der Waals surface area contributed by atoms with Crippen LogP contribution in [0.1, 0.15) is 32.6 Å². The Morgan fingerprint density at radius 1 is 1.47 bits per heavy atom. The van der Waals surface area contributed by atoms with Crippen molar-refractivity contribution in [2.45, 2.75) is 38.1 Å². The Morgan fingerprint density at radius 3 is 2.67 bits per heavy atom. The first-order valence-electron chi connectivity index (χ1n) is 5.62. The second-order valence-electron chi connectivity index (χ2n) is 4.07. The summed E-state index contributed by atoms with van der Waals surface area (Å²) >= 11 is 0. The van der Waals surface area contributed by atoms with Gasteiger partial charge < -0.3 is 14.8 Å². The van der Waals surface area contributed by atoms with Gasteiger partial charge in [0.15, 0.2) is 0 Å². The highest BCUT2D eigenvalue weighted by Crippen LogP contribution is 2.24. The van der Waals surface area contributed by atoms with Crippen LogP contribution in [-0.2, 0) is 14.3 Å². The normalized spacial score (nSPS) is 19.9. The SMILES string of the molecule is CCCNC1(CC(=O)OC)CCOCC1. The van der Waals surface area contributed by atoms with Crippen LogP contribution < -0.4 is 5.32 Å². The van der Waals surface area contributed by atoms with Crippen molar-refractivity contribution >= 4 is 5.97 Å². The van der Waals surface area contributed by atoms with Crippen molar-refractivity contribution in [3.8, 4) is 0 Å². The Hall–Kier alpha value is -0.610. The zero-order valence-corrected chi connectivity index (χ0v) is 9.67. The number of rotatable bonds is 5. The van der Waals surface area contributed by atoms with E-state index in [1.165, 1.54) is 7.11 Å². The van der Waals surface area contributed by atoms with Gasteiger partial charge >= 0.3 is 5.97 Å². The highest BCUT2D eigenvalue weighted by atomic mass is 16.5. The van der Waals surface area contributed by atoms with Crippen LogP contribution in [0.5, 0.6) is 0 Å². The number of nitrogens with one attached hydrogen (secondary N) is 1. The third kappa shape index (κ3) is 3.80. The number of carbonyl (C=O) groups is 1. The maximum Gasteiger partial charge on any atom is 0.307 e. The molecule has 0 spiro atoms. The van der Waals surface area contributed by atoms with Crippen LogP contribution in [0, 0.1) is 0 Å². The summed E-state index contributed by atoms with van der Waals surface area (Å²) in [4.78, 5) is 11.3. The largest absolute Gasteiger partial charge is 0.469 e. The van der Waals surface area contributed by atoms with Gasteiger partial charge in [0.1, 0.15) is 0 Å². The Labute approximate surface area is 91.3 Å². The van der Waals surface area contributed by atoms with Gasteiger partial charge in [0, 0.05) is 18.8 Å². The number of methoxy groups -OCH3 is 1. The molecule has 1 aliphatic rings. The molecular formula is C11H21NO3.